The van der Waals surface area contributed by atoms with Crippen LogP contribution in [0.5, 0.6) is 0 Å². The highest BCUT2D eigenvalue weighted by atomic mass is 15.5. The Morgan fingerprint density at radius 2 is 2.50 bits per heavy atom. The quantitative estimate of drug-likeness (QED) is 0.606. The minimum Gasteiger partial charge on any atom is -0.285 e. The van der Waals surface area contributed by atoms with Gasteiger partial charge in [0.25, 0.3) is 0 Å². The lowest BCUT2D eigenvalue weighted by Crippen LogP contribution is -2.51. The van der Waals surface area contributed by atoms with Crippen LogP contribution in [0.3, 0.4) is 0 Å². The smallest absolute Gasteiger partial charge is 0.121 e. The molecule has 1 aliphatic rings. The summed E-state index contributed by atoms with van der Waals surface area (Å²) in [4.78, 5) is 6.35. The average molecular weight is 168 g/mol. The third-order valence-electron chi connectivity index (χ3n) is 2.02. The van der Waals surface area contributed by atoms with Crippen LogP contribution in [0, 0.1) is 0 Å². The maximum absolute atomic E-state index is 5.74. The molecule has 68 valence electrons. The van der Waals surface area contributed by atoms with Gasteiger partial charge in [-0.2, -0.15) is 0 Å². The molecule has 0 amide bonds. The Balaban J connectivity index is 2.53. The summed E-state index contributed by atoms with van der Waals surface area (Å²) in [6.07, 6.45) is 2.45. The summed E-state index contributed by atoms with van der Waals surface area (Å²) in [6.45, 7) is 8.52. The standard InChI is InChI=1S/C8H16N4/c1-3-10-8-5-6-11(4-2)7-12(8)9/h3H,1,4-7,9H2,2H3. The van der Waals surface area contributed by atoms with Crippen LogP contribution in [0.25, 0.3) is 0 Å². The number of hydrogen-bond acceptors (Lipinski definition) is 3. The molecule has 1 aliphatic heterocycles. The fraction of sp³-hybridized carbons (Fsp3) is 0.625. The van der Waals surface area contributed by atoms with Crippen LogP contribution in [-0.2, 0) is 0 Å². The van der Waals surface area contributed by atoms with E-state index < -0.39 is 0 Å². The molecular formula is C8H16N4. The summed E-state index contributed by atoms with van der Waals surface area (Å²) >= 11 is 0. The Labute approximate surface area is 73.3 Å². The Bertz CT molecular complexity index is 187. The highest BCUT2D eigenvalue weighted by Crippen LogP contribution is 2.04. The normalized spacial score (nSPS) is 23.2. The predicted molar refractivity (Wildman–Crippen MR) is 50.4 cm³/mol. The molecule has 0 aromatic rings. The monoisotopic (exact) mass is 168 g/mol. The molecule has 0 bridgehead atoms. The molecule has 0 spiro atoms. The van der Waals surface area contributed by atoms with E-state index in [0.717, 1.165) is 32.0 Å². The van der Waals surface area contributed by atoms with Crippen molar-refractivity contribution in [1.29, 1.82) is 0 Å². The van der Waals surface area contributed by atoms with Crippen molar-refractivity contribution in [3.05, 3.63) is 12.8 Å². The Kier molecular flexibility index (Phi) is 3.25. The number of hydrazine groups is 1. The second-order valence-corrected chi connectivity index (χ2v) is 2.80. The van der Waals surface area contributed by atoms with E-state index >= 15 is 0 Å². The van der Waals surface area contributed by atoms with Crippen molar-refractivity contribution in [2.45, 2.75) is 13.3 Å². The van der Waals surface area contributed by atoms with Gasteiger partial charge in [0.2, 0.25) is 0 Å². The van der Waals surface area contributed by atoms with Gasteiger partial charge in [-0.3, -0.25) is 9.91 Å². The molecule has 0 saturated carbocycles. The molecule has 1 saturated heterocycles. The fourth-order valence-corrected chi connectivity index (χ4v) is 1.27. The van der Waals surface area contributed by atoms with Gasteiger partial charge in [-0.25, -0.2) is 10.8 Å². The van der Waals surface area contributed by atoms with E-state index in [1.807, 2.05) is 0 Å². The van der Waals surface area contributed by atoms with Gasteiger partial charge in [0, 0.05) is 19.2 Å². The van der Waals surface area contributed by atoms with Crippen LogP contribution in [-0.4, -0.2) is 35.5 Å². The highest BCUT2D eigenvalue weighted by molar-refractivity contribution is 5.83. The highest BCUT2D eigenvalue weighted by Gasteiger charge is 2.17. The Morgan fingerprint density at radius 1 is 1.75 bits per heavy atom. The van der Waals surface area contributed by atoms with Crippen molar-refractivity contribution in [2.75, 3.05) is 19.8 Å². The van der Waals surface area contributed by atoms with Crippen molar-refractivity contribution in [3.8, 4) is 0 Å². The molecule has 12 heavy (non-hydrogen) atoms. The van der Waals surface area contributed by atoms with E-state index in [4.69, 9.17) is 5.84 Å². The summed E-state index contributed by atoms with van der Waals surface area (Å²) in [5.74, 6) is 6.67. The van der Waals surface area contributed by atoms with Crippen molar-refractivity contribution >= 4 is 5.84 Å². The first-order valence-corrected chi connectivity index (χ1v) is 4.20. The topological polar surface area (TPSA) is 44.9 Å². The number of hydrogen-bond donors (Lipinski definition) is 1. The van der Waals surface area contributed by atoms with Crippen molar-refractivity contribution < 1.29 is 0 Å². The minimum absolute atomic E-state index is 0.767. The van der Waals surface area contributed by atoms with E-state index in [-0.39, 0.29) is 0 Å². The fourth-order valence-electron chi connectivity index (χ4n) is 1.27. The third kappa shape index (κ3) is 2.06. The largest absolute Gasteiger partial charge is 0.285 e. The van der Waals surface area contributed by atoms with Crippen molar-refractivity contribution in [2.24, 2.45) is 10.8 Å². The van der Waals surface area contributed by atoms with E-state index in [1.54, 1.807) is 5.01 Å². The predicted octanol–water partition coefficient (Wildman–Crippen LogP) is 0.387. The van der Waals surface area contributed by atoms with Crippen molar-refractivity contribution in [1.82, 2.24) is 9.91 Å². The Hall–Kier alpha value is -0.870. The number of aliphatic imine (C=N–C) groups is 1. The molecule has 0 unspecified atom stereocenters. The molecule has 0 atom stereocenters. The van der Waals surface area contributed by atoms with Gasteiger partial charge in [0.15, 0.2) is 0 Å². The molecule has 1 fully saturated rings. The summed E-state index contributed by atoms with van der Waals surface area (Å²) in [5, 5.41) is 1.68. The Morgan fingerprint density at radius 3 is 3.00 bits per heavy atom. The zero-order chi connectivity index (χ0) is 8.97. The first-order valence-electron chi connectivity index (χ1n) is 4.20. The van der Waals surface area contributed by atoms with Gasteiger partial charge in [-0.15, -0.1) is 0 Å². The van der Waals surface area contributed by atoms with Crippen LogP contribution in [0.15, 0.2) is 17.8 Å². The SMILES string of the molecule is C=CN=C1CCN(CC)CN1N. The number of rotatable bonds is 2. The van der Waals surface area contributed by atoms with Gasteiger partial charge >= 0.3 is 0 Å². The van der Waals surface area contributed by atoms with Crippen LogP contribution in [0.1, 0.15) is 13.3 Å². The summed E-state index contributed by atoms with van der Waals surface area (Å²) in [5.41, 5.74) is 0. The van der Waals surface area contributed by atoms with Gasteiger partial charge in [-0.1, -0.05) is 13.5 Å². The first kappa shape index (κ1) is 9.22. The van der Waals surface area contributed by atoms with E-state index in [9.17, 15) is 0 Å². The molecule has 0 aliphatic carbocycles. The molecule has 4 nitrogen and oxygen atoms in total. The molecule has 0 aromatic carbocycles. The maximum atomic E-state index is 5.74. The van der Waals surface area contributed by atoms with E-state index in [0.29, 0.717) is 0 Å². The summed E-state index contributed by atoms with van der Waals surface area (Å²) in [7, 11) is 0. The zero-order valence-corrected chi connectivity index (χ0v) is 7.53. The summed E-state index contributed by atoms with van der Waals surface area (Å²) < 4.78 is 0. The molecule has 1 rings (SSSR count). The van der Waals surface area contributed by atoms with Crippen molar-refractivity contribution in [3.63, 3.8) is 0 Å². The lowest BCUT2D eigenvalue weighted by atomic mass is 10.3. The zero-order valence-electron chi connectivity index (χ0n) is 7.53. The number of amidine groups is 1. The third-order valence-corrected chi connectivity index (χ3v) is 2.02. The lowest BCUT2D eigenvalue weighted by molar-refractivity contribution is 0.172. The average Bonchev–Trinajstić information content (AvgIpc) is 2.09. The second-order valence-electron chi connectivity index (χ2n) is 2.80. The lowest BCUT2D eigenvalue weighted by Gasteiger charge is -2.33. The minimum atomic E-state index is 0.767. The van der Waals surface area contributed by atoms with Crippen LogP contribution >= 0.6 is 0 Å². The maximum Gasteiger partial charge on any atom is 0.121 e. The first-order chi connectivity index (χ1) is 5.77. The number of nitrogens with two attached hydrogens (primary N) is 1. The number of nitrogens with zero attached hydrogens (tertiary/aromatic N) is 3. The van der Waals surface area contributed by atoms with E-state index in [1.165, 1.54) is 6.20 Å². The van der Waals surface area contributed by atoms with Gasteiger partial charge in [0.1, 0.15) is 5.84 Å². The molecule has 0 radical (unpaired) electrons. The second kappa shape index (κ2) is 4.23. The van der Waals surface area contributed by atoms with E-state index in [2.05, 4.69) is 23.4 Å². The van der Waals surface area contributed by atoms with Crippen LogP contribution in [0.2, 0.25) is 0 Å². The van der Waals surface area contributed by atoms with Crippen LogP contribution < -0.4 is 5.84 Å². The van der Waals surface area contributed by atoms with Gasteiger partial charge in [0.05, 0.1) is 6.67 Å². The van der Waals surface area contributed by atoms with Gasteiger partial charge < -0.3 is 0 Å². The molecule has 2 N–H and O–H groups in total. The van der Waals surface area contributed by atoms with Gasteiger partial charge in [-0.05, 0) is 6.54 Å². The molecular weight excluding hydrogens is 152 g/mol. The van der Waals surface area contributed by atoms with Crippen LogP contribution in [0.4, 0.5) is 0 Å². The molecule has 4 heteroatoms. The summed E-state index contributed by atoms with van der Waals surface area (Å²) in [6, 6.07) is 0. The molecule has 1 heterocycles. The molecule has 0 aromatic heterocycles.